The number of hydrogen-bond donors (Lipinski definition) is 1. The van der Waals surface area contributed by atoms with Crippen LogP contribution in [0.5, 0.6) is 0 Å². The highest BCUT2D eigenvalue weighted by atomic mass is 35.5. The predicted molar refractivity (Wildman–Crippen MR) is 43.1 cm³/mol. The molecule has 12 heavy (non-hydrogen) atoms. The quantitative estimate of drug-likeness (QED) is 0.639. The molecule has 1 amide bonds. The molecule has 1 unspecified atom stereocenters. The van der Waals surface area contributed by atoms with Crippen molar-refractivity contribution in [1.82, 2.24) is 4.90 Å². The number of carboxylic acid groups (broad SMARTS) is 1. The fourth-order valence-electron chi connectivity index (χ4n) is 1.40. The summed E-state index contributed by atoms with van der Waals surface area (Å²) in [6, 6.07) is -0.656. The molecule has 1 aliphatic heterocycles. The highest BCUT2D eigenvalue weighted by Crippen LogP contribution is 2.17. The standard InChI is InChI=1S/C7H10ClNO3/c8-4-6(10)9-3-1-2-5(9)7(11)12/h5H,1-4H2,(H,11,12). The van der Waals surface area contributed by atoms with E-state index >= 15 is 0 Å². The van der Waals surface area contributed by atoms with Crippen molar-refractivity contribution in [3.05, 3.63) is 0 Å². The van der Waals surface area contributed by atoms with Crippen LogP contribution >= 0.6 is 11.6 Å². The number of halogens is 1. The number of hydrogen-bond acceptors (Lipinski definition) is 2. The van der Waals surface area contributed by atoms with Gasteiger partial charge in [0.15, 0.2) is 0 Å². The van der Waals surface area contributed by atoms with E-state index in [0.717, 1.165) is 6.42 Å². The van der Waals surface area contributed by atoms with Crippen molar-refractivity contribution in [1.29, 1.82) is 0 Å². The van der Waals surface area contributed by atoms with E-state index in [1.165, 1.54) is 4.90 Å². The zero-order valence-electron chi connectivity index (χ0n) is 6.49. The van der Waals surface area contributed by atoms with Crippen LogP contribution in [0.1, 0.15) is 12.8 Å². The number of rotatable bonds is 2. The highest BCUT2D eigenvalue weighted by Gasteiger charge is 2.33. The molecule has 0 saturated carbocycles. The van der Waals surface area contributed by atoms with Gasteiger partial charge < -0.3 is 10.0 Å². The summed E-state index contributed by atoms with van der Waals surface area (Å²) in [5.74, 6) is -1.36. The van der Waals surface area contributed by atoms with E-state index in [1.54, 1.807) is 0 Å². The Morgan fingerprint density at radius 1 is 1.58 bits per heavy atom. The molecule has 1 N–H and O–H groups in total. The number of nitrogens with zero attached hydrogens (tertiary/aromatic N) is 1. The lowest BCUT2D eigenvalue weighted by Gasteiger charge is -2.19. The van der Waals surface area contributed by atoms with E-state index in [4.69, 9.17) is 16.7 Å². The van der Waals surface area contributed by atoms with Crippen molar-refractivity contribution >= 4 is 23.5 Å². The molecule has 68 valence electrons. The van der Waals surface area contributed by atoms with Gasteiger partial charge in [0.2, 0.25) is 5.91 Å². The van der Waals surface area contributed by atoms with Crippen molar-refractivity contribution in [2.24, 2.45) is 0 Å². The van der Waals surface area contributed by atoms with Gasteiger partial charge in [0.1, 0.15) is 11.9 Å². The number of carbonyl (C=O) groups is 2. The van der Waals surface area contributed by atoms with Gasteiger partial charge in [0.25, 0.3) is 0 Å². The van der Waals surface area contributed by atoms with Crippen LogP contribution in [0.2, 0.25) is 0 Å². The fraction of sp³-hybridized carbons (Fsp3) is 0.714. The van der Waals surface area contributed by atoms with Crippen LogP contribution in [0, 0.1) is 0 Å². The number of likely N-dealkylation sites (tertiary alicyclic amines) is 1. The van der Waals surface area contributed by atoms with E-state index in [1.807, 2.05) is 0 Å². The topological polar surface area (TPSA) is 57.6 Å². The number of amides is 1. The Hall–Kier alpha value is -0.770. The Morgan fingerprint density at radius 3 is 2.75 bits per heavy atom. The summed E-state index contributed by atoms with van der Waals surface area (Å²) in [6.07, 6.45) is 1.29. The summed E-state index contributed by atoms with van der Waals surface area (Å²) in [7, 11) is 0. The Kier molecular flexibility index (Phi) is 2.92. The summed E-state index contributed by atoms with van der Waals surface area (Å²) < 4.78 is 0. The molecule has 5 heteroatoms. The summed E-state index contributed by atoms with van der Waals surface area (Å²) in [6.45, 7) is 0.516. The largest absolute Gasteiger partial charge is 0.480 e. The first kappa shape index (κ1) is 9.32. The minimum atomic E-state index is -0.939. The SMILES string of the molecule is O=C(O)C1CCCN1C(=O)CCl. The normalized spacial score (nSPS) is 22.8. The zero-order valence-corrected chi connectivity index (χ0v) is 7.25. The average molecular weight is 192 g/mol. The maximum Gasteiger partial charge on any atom is 0.326 e. The predicted octanol–water partition coefficient (Wildman–Crippen LogP) is 0.301. The molecule has 0 spiro atoms. The molecule has 0 aliphatic carbocycles. The number of aliphatic carboxylic acids is 1. The van der Waals surface area contributed by atoms with Gasteiger partial charge in [-0.1, -0.05) is 0 Å². The summed E-state index contributed by atoms with van der Waals surface area (Å²) >= 11 is 5.32. The van der Waals surface area contributed by atoms with Crippen LogP contribution < -0.4 is 0 Å². The maximum absolute atomic E-state index is 11.1. The Balaban J connectivity index is 2.63. The van der Waals surface area contributed by atoms with E-state index in [-0.39, 0.29) is 11.8 Å². The first-order chi connectivity index (χ1) is 5.66. The van der Waals surface area contributed by atoms with Gasteiger partial charge in [-0.15, -0.1) is 11.6 Å². The Bertz CT molecular complexity index is 207. The van der Waals surface area contributed by atoms with Crippen LogP contribution in [-0.2, 0) is 9.59 Å². The molecule has 1 fully saturated rings. The molecule has 0 aromatic rings. The smallest absolute Gasteiger partial charge is 0.326 e. The van der Waals surface area contributed by atoms with Gasteiger partial charge in [0.05, 0.1) is 0 Å². The second-order valence-corrected chi connectivity index (χ2v) is 2.98. The molecular weight excluding hydrogens is 182 g/mol. The molecule has 0 bridgehead atoms. The molecule has 1 heterocycles. The maximum atomic E-state index is 11.1. The molecule has 0 aromatic carbocycles. The van der Waals surface area contributed by atoms with Gasteiger partial charge in [-0.2, -0.15) is 0 Å². The van der Waals surface area contributed by atoms with E-state index < -0.39 is 12.0 Å². The van der Waals surface area contributed by atoms with E-state index in [0.29, 0.717) is 13.0 Å². The summed E-state index contributed by atoms with van der Waals surface area (Å²) in [4.78, 5) is 23.0. The van der Waals surface area contributed by atoms with Crippen molar-refractivity contribution in [2.45, 2.75) is 18.9 Å². The summed E-state index contributed by atoms with van der Waals surface area (Å²) in [5, 5.41) is 8.69. The van der Waals surface area contributed by atoms with Gasteiger partial charge in [0, 0.05) is 6.54 Å². The third-order valence-electron chi connectivity index (χ3n) is 1.97. The van der Waals surface area contributed by atoms with Crippen molar-refractivity contribution < 1.29 is 14.7 Å². The first-order valence-corrected chi connectivity index (χ1v) is 4.28. The monoisotopic (exact) mass is 191 g/mol. The van der Waals surface area contributed by atoms with Crippen LogP contribution in [0.15, 0.2) is 0 Å². The first-order valence-electron chi connectivity index (χ1n) is 3.75. The number of carbonyl (C=O) groups excluding carboxylic acids is 1. The van der Waals surface area contributed by atoms with E-state index in [9.17, 15) is 9.59 Å². The Morgan fingerprint density at radius 2 is 2.25 bits per heavy atom. The lowest BCUT2D eigenvalue weighted by atomic mass is 10.2. The van der Waals surface area contributed by atoms with Gasteiger partial charge in [-0.05, 0) is 12.8 Å². The van der Waals surface area contributed by atoms with Gasteiger partial charge >= 0.3 is 5.97 Å². The molecule has 0 radical (unpaired) electrons. The number of alkyl halides is 1. The summed E-state index contributed by atoms with van der Waals surface area (Å²) in [5.41, 5.74) is 0. The highest BCUT2D eigenvalue weighted by molar-refractivity contribution is 6.27. The molecule has 1 saturated heterocycles. The van der Waals surface area contributed by atoms with Crippen molar-refractivity contribution in [3.63, 3.8) is 0 Å². The second kappa shape index (κ2) is 3.76. The Labute approximate surface area is 75.1 Å². The molecular formula is C7H10ClNO3. The third kappa shape index (κ3) is 1.69. The van der Waals surface area contributed by atoms with Crippen molar-refractivity contribution in [2.75, 3.05) is 12.4 Å². The molecule has 4 nitrogen and oxygen atoms in total. The average Bonchev–Trinajstić information content (AvgIpc) is 2.50. The molecule has 1 rings (SSSR count). The number of carboxylic acids is 1. The van der Waals surface area contributed by atoms with Crippen LogP contribution in [0.3, 0.4) is 0 Å². The zero-order chi connectivity index (χ0) is 9.14. The molecule has 1 aliphatic rings. The lowest BCUT2D eigenvalue weighted by molar-refractivity contribution is -0.147. The fourth-order valence-corrected chi connectivity index (χ4v) is 1.55. The minimum Gasteiger partial charge on any atom is -0.480 e. The molecule has 0 aromatic heterocycles. The lowest BCUT2D eigenvalue weighted by Crippen LogP contribution is -2.41. The van der Waals surface area contributed by atoms with Gasteiger partial charge in [-0.3, -0.25) is 4.79 Å². The van der Waals surface area contributed by atoms with Crippen LogP contribution in [-0.4, -0.2) is 40.3 Å². The third-order valence-corrected chi connectivity index (χ3v) is 2.20. The van der Waals surface area contributed by atoms with Crippen LogP contribution in [0.4, 0.5) is 0 Å². The van der Waals surface area contributed by atoms with E-state index in [2.05, 4.69) is 0 Å². The van der Waals surface area contributed by atoms with Gasteiger partial charge in [-0.25, -0.2) is 4.79 Å². The van der Waals surface area contributed by atoms with Crippen LogP contribution in [0.25, 0.3) is 0 Å². The second-order valence-electron chi connectivity index (χ2n) is 2.72. The van der Waals surface area contributed by atoms with Crippen molar-refractivity contribution in [3.8, 4) is 0 Å². The minimum absolute atomic E-state index is 0.135. The molecule has 1 atom stereocenters.